The average molecular weight is 258 g/mol. The van der Waals surface area contributed by atoms with E-state index in [0.29, 0.717) is 18.0 Å². The number of aryl methyl sites for hydroxylation is 1. The zero-order valence-electron chi connectivity index (χ0n) is 11.5. The van der Waals surface area contributed by atoms with Gasteiger partial charge in [-0.2, -0.15) is 0 Å². The van der Waals surface area contributed by atoms with Crippen molar-refractivity contribution < 1.29 is 4.74 Å². The van der Waals surface area contributed by atoms with E-state index in [4.69, 9.17) is 4.74 Å². The summed E-state index contributed by atoms with van der Waals surface area (Å²) < 4.78 is 5.46. The van der Waals surface area contributed by atoms with E-state index in [2.05, 4.69) is 9.97 Å². The van der Waals surface area contributed by atoms with Crippen molar-refractivity contribution in [2.24, 2.45) is 0 Å². The Labute approximate surface area is 112 Å². The van der Waals surface area contributed by atoms with Crippen molar-refractivity contribution in [3.63, 3.8) is 0 Å². The lowest BCUT2D eigenvalue weighted by molar-refractivity contribution is 0.340. The second-order valence-corrected chi connectivity index (χ2v) is 4.30. The van der Waals surface area contributed by atoms with E-state index in [1.807, 2.05) is 38.1 Å². The van der Waals surface area contributed by atoms with Gasteiger partial charge in [-0.3, -0.25) is 4.79 Å². The molecule has 2 rings (SSSR count). The van der Waals surface area contributed by atoms with Crippen molar-refractivity contribution in [3.8, 4) is 17.1 Å². The van der Waals surface area contributed by atoms with Crippen LogP contribution < -0.4 is 10.3 Å². The van der Waals surface area contributed by atoms with E-state index >= 15 is 0 Å². The molecule has 0 amide bonds. The molecule has 0 aliphatic heterocycles. The molecule has 1 heterocycles. The summed E-state index contributed by atoms with van der Waals surface area (Å²) in [7, 11) is 0. The Bertz CT molecular complexity index is 632. The third-order valence-corrected chi connectivity index (χ3v) is 3.01. The molecule has 0 radical (unpaired) electrons. The SMILES string of the molecule is CCOc1cccc(-c2nc(CC)c(C)c(=O)[nH]2)c1. The van der Waals surface area contributed by atoms with Crippen molar-refractivity contribution in [2.75, 3.05) is 6.61 Å². The van der Waals surface area contributed by atoms with Crippen LogP contribution in [0.5, 0.6) is 5.75 Å². The molecule has 19 heavy (non-hydrogen) atoms. The Morgan fingerprint density at radius 1 is 1.32 bits per heavy atom. The van der Waals surface area contributed by atoms with Crippen LogP contribution in [-0.4, -0.2) is 16.6 Å². The lowest BCUT2D eigenvalue weighted by Crippen LogP contribution is -2.15. The zero-order chi connectivity index (χ0) is 13.8. The first-order chi connectivity index (χ1) is 9.15. The number of rotatable bonds is 4. The van der Waals surface area contributed by atoms with Crippen LogP contribution in [0, 0.1) is 6.92 Å². The fourth-order valence-corrected chi connectivity index (χ4v) is 1.96. The van der Waals surface area contributed by atoms with Crippen molar-refractivity contribution in [1.29, 1.82) is 0 Å². The first-order valence-electron chi connectivity index (χ1n) is 6.48. The van der Waals surface area contributed by atoms with Gasteiger partial charge in [0, 0.05) is 11.1 Å². The molecule has 0 spiro atoms. The minimum Gasteiger partial charge on any atom is -0.494 e. The largest absolute Gasteiger partial charge is 0.494 e. The average Bonchev–Trinajstić information content (AvgIpc) is 2.42. The molecule has 0 fully saturated rings. The van der Waals surface area contributed by atoms with E-state index in [9.17, 15) is 4.79 Å². The molecule has 0 atom stereocenters. The standard InChI is InChI=1S/C15H18N2O2/c1-4-13-10(3)15(18)17-14(16-13)11-7-6-8-12(9-11)19-5-2/h6-9H,4-5H2,1-3H3,(H,16,17,18). The van der Waals surface area contributed by atoms with Crippen LogP contribution in [0.2, 0.25) is 0 Å². The second-order valence-electron chi connectivity index (χ2n) is 4.30. The van der Waals surface area contributed by atoms with Crippen LogP contribution in [0.4, 0.5) is 0 Å². The third-order valence-electron chi connectivity index (χ3n) is 3.01. The maximum atomic E-state index is 11.9. The molecule has 0 unspecified atom stereocenters. The second kappa shape index (κ2) is 5.69. The zero-order valence-corrected chi connectivity index (χ0v) is 11.5. The number of ether oxygens (including phenoxy) is 1. The number of nitrogens with one attached hydrogen (secondary N) is 1. The van der Waals surface area contributed by atoms with Crippen molar-refractivity contribution in [1.82, 2.24) is 9.97 Å². The normalized spacial score (nSPS) is 10.5. The number of nitrogens with zero attached hydrogens (tertiary/aromatic N) is 1. The summed E-state index contributed by atoms with van der Waals surface area (Å²) in [5, 5.41) is 0. The fourth-order valence-electron chi connectivity index (χ4n) is 1.96. The van der Waals surface area contributed by atoms with Crippen LogP contribution in [-0.2, 0) is 6.42 Å². The summed E-state index contributed by atoms with van der Waals surface area (Å²) in [6.07, 6.45) is 0.744. The third kappa shape index (κ3) is 2.84. The number of aromatic amines is 1. The maximum Gasteiger partial charge on any atom is 0.254 e. The minimum absolute atomic E-state index is 0.0799. The topological polar surface area (TPSA) is 55.0 Å². The maximum absolute atomic E-state index is 11.9. The summed E-state index contributed by atoms with van der Waals surface area (Å²) in [5.74, 6) is 1.37. The van der Waals surface area contributed by atoms with E-state index in [1.54, 1.807) is 6.92 Å². The number of H-pyrrole nitrogens is 1. The lowest BCUT2D eigenvalue weighted by atomic mass is 10.1. The van der Waals surface area contributed by atoms with Gasteiger partial charge in [0.15, 0.2) is 0 Å². The van der Waals surface area contributed by atoms with Gasteiger partial charge >= 0.3 is 0 Å². The van der Waals surface area contributed by atoms with E-state index < -0.39 is 0 Å². The fraction of sp³-hybridized carbons (Fsp3) is 0.333. The molecule has 1 aromatic heterocycles. The predicted octanol–water partition coefficient (Wildman–Crippen LogP) is 2.71. The van der Waals surface area contributed by atoms with Crippen LogP contribution in [0.3, 0.4) is 0 Å². The first kappa shape index (κ1) is 13.3. The Hall–Kier alpha value is -2.10. The van der Waals surface area contributed by atoms with Gasteiger partial charge in [-0.1, -0.05) is 19.1 Å². The summed E-state index contributed by atoms with van der Waals surface area (Å²) in [4.78, 5) is 19.2. The first-order valence-corrected chi connectivity index (χ1v) is 6.48. The molecular formula is C15H18N2O2. The summed E-state index contributed by atoms with van der Waals surface area (Å²) in [6, 6.07) is 7.58. The van der Waals surface area contributed by atoms with Gasteiger partial charge in [0.1, 0.15) is 11.6 Å². The molecule has 0 saturated heterocycles. The van der Waals surface area contributed by atoms with Gasteiger partial charge in [0.05, 0.1) is 12.3 Å². The van der Waals surface area contributed by atoms with Crippen molar-refractivity contribution in [3.05, 3.63) is 45.9 Å². The van der Waals surface area contributed by atoms with Crippen LogP contribution >= 0.6 is 0 Å². The van der Waals surface area contributed by atoms with Gasteiger partial charge in [0.25, 0.3) is 5.56 Å². The molecule has 2 aromatic rings. The molecular weight excluding hydrogens is 240 g/mol. The summed E-state index contributed by atoms with van der Waals surface area (Å²) >= 11 is 0. The summed E-state index contributed by atoms with van der Waals surface area (Å²) in [5.41, 5.74) is 2.30. The highest BCUT2D eigenvalue weighted by molar-refractivity contribution is 5.57. The van der Waals surface area contributed by atoms with Gasteiger partial charge in [0.2, 0.25) is 0 Å². The van der Waals surface area contributed by atoms with Gasteiger partial charge in [-0.05, 0) is 32.4 Å². The van der Waals surface area contributed by atoms with Gasteiger partial charge in [-0.15, -0.1) is 0 Å². The highest BCUT2D eigenvalue weighted by atomic mass is 16.5. The van der Waals surface area contributed by atoms with Crippen LogP contribution in [0.1, 0.15) is 25.1 Å². The summed E-state index contributed by atoms with van der Waals surface area (Å²) in [6.45, 7) is 6.34. The van der Waals surface area contributed by atoms with Crippen LogP contribution in [0.15, 0.2) is 29.1 Å². The number of aromatic nitrogens is 2. The smallest absolute Gasteiger partial charge is 0.254 e. The Morgan fingerprint density at radius 3 is 2.79 bits per heavy atom. The quantitative estimate of drug-likeness (QED) is 0.917. The molecule has 0 bridgehead atoms. The Morgan fingerprint density at radius 2 is 2.11 bits per heavy atom. The lowest BCUT2D eigenvalue weighted by Gasteiger charge is -2.08. The Balaban J connectivity index is 2.49. The Kier molecular flexibility index (Phi) is 4.00. The van der Waals surface area contributed by atoms with Crippen molar-refractivity contribution >= 4 is 0 Å². The number of hydrogen-bond acceptors (Lipinski definition) is 3. The number of benzene rings is 1. The highest BCUT2D eigenvalue weighted by Gasteiger charge is 2.08. The highest BCUT2D eigenvalue weighted by Crippen LogP contribution is 2.20. The molecule has 1 aromatic carbocycles. The van der Waals surface area contributed by atoms with Crippen molar-refractivity contribution in [2.45, 2.75) is 27.2 Å². The van der Waals surface area contributed by atoms with E-state index in [1.165, 1.54) is 0 Å². The predicted molar refractivity (Wildman–Crippen MR) is 75.6 cm³/mol. The van der Waals surface area contributed by atoms with E-state index in [0.717, 1.165) is 23.4 Å². The van der Waals surface area contributed by atoms with E-state index in [-0.39, 0.29) is 5.56 Å². The molecule has 1 N–H and O–H groups in total. The van der Waals surface area contributed by atoms with Gasteiger partial charge in [-0.25, -0.2) is 4.98 Å². The van der Waals surface area contributed by atoms with Gasteiger partial charge < -0.3 is 9.72 Å². The number of hydrogen-bond donors (Lipinski definition) is 1. The molecule has 100 valence electrons. The molecule has 0 aliphatic rings. The molecule has 4 nitrogen and oxygen atoms in total. The molecule has 0 saturated carbocycles. The monoisotopic (exact) mass is 258 g/mol. The molecule has 4 heteroatoms. The van der Waals surface area contributed by atoms with Crippen LogP contribution in [0.25, 0.3) is 11.4 Å². The molecule has 0 aliphatic carbocycles. The minimum atomic E-state index is -0.0799.